The van der Waals surface area contributed by atoms with Crippen LogP contribution in [0, 0.1) is 11.6 Å². The van der Waals surface area contributed by atoms with Gasteiger partial charge in [0.05, 0.1) is 18.8 Å². The molecule has 13 heteroatoms. The smallest absolute Gasteiger partial charge is 0.302 e. The Morgan fingerprint density at radius 3 is 2.61 bits per heavy atom. The van der Waals surface area contributed by atoms with Gasteiger partial charge < -0.3 is 15.5 Å². The molecular weight excluding hydrogens is 452 g/mol. The van der Waals surface area contributed by atoms with Crippen LogP contribution < -0.4 is 10.0 Å². The molecule has 170 valence electrons. The third-order valence-electron chi connectivity index (χ3n) is 4.62. The fourth-order valence-electron chi connectivity index (χ4n) is 2.63. The molecule has 3 rings (SSSR count). The summed E-state index contributed by atoms with van der Waals surface area (Å²) >= 11 is 0.991. The second-order valence-corrected chi connectivity index (χ2v) is 9.58. The molecular formula is C18H23F2N5O4S2. The molecule has 1 aromatic carbocycles. The minimum Gasteiger partial charge on any atom is -0.394 e. The Kier molecular flexibility index (Phi) is 7.64. The zero-order valence-electron chi connectivity index (χ0n) is 16.6. The van der Waals surface area contributed by atoms with E-state index in [1.54, 1.807) is 6.92 Å². The number of benzene rings is 1. The molecule has 31 heavy (non-hydrogen) atoms. The molecule has 2 unspecified atom stereocenters. The Labute approximate surface area is 183 Å². The monoisotopic (exact) mass is 475 g/mol. The van der Waals surface area contributed by atoms with Crippen molar-refractivity contribution in [3.05, 3.63) is 41.5 Å². The lowest BCUT2D eigenvalue weighted by molar-refractivity contribution is 0.0837. The van der Waals surface area contributed by atoms with Crippen molar-refractivity contribution >= 4 is 33.6 Å². The van der Waals surface area contributed by atoms with Gasteiger partial charge in [-0.3, -0.25) is 4.72 Å². The van der Waals surface area contributed by atoms with Crippen molar-refractivity contribution in [1.82, 2.24) is 14.3 Å². The first-order valence-electron chi connectivity index (χ1n) is 9.47. The number of thioether (sulfide) groups is 1. The Bertz CT molecular complexity index is 1020. The molecule has 0 saturated carbocycles. The van der Waals surface area contributed by atoms with Crippen molar-refractivity contribution in [2.75, 3.05) is 29.7 Å². The zero-order valence-corrected chi connectivity index (χ0v) is 18.3. The highest BCUT2D eigenvalue weighted by Crippen LogP contribution is 2.26. The Morgan fingerprint density at radius 1 is 1.26 bits per heavy atom. The van der Waals surface area contributed by atoms with Crippen molar-refractivity contribution in [1.29, 1.82) is 0 Å². The van der Waals surface area contributed by atoms with Gasteiger partial charge in [0.25, 0.3) is 0 Å². The van der Waals surface area contributed by atoms with E-state index in [0.29, 0.717) is 13.1 Å². The predicted molar refractivity (Wildman–Crippen MR) is 113 cm³/mol. The molecule has 1 aliphatic heterocycles. The van der Waals surface area contributed by atoms with Gasteiger partial charge >= 0.3 is 10.2 Å². The molecule has 1 aromatic heterocycles. The summed E-state index contributed by atoms with van der Waals surface area (Å²) in [7, 11) is -3.78. The minimum atomic E-state index is -3.78. The van der Waals surface area contributed by atoms with Gasteiger partial charge in [-0.05, 0) is 19.4 Å². The van der Waals surface area contributed by atoms with E-state index in [1.807, 2.05) is 0 Å². The highest BCUT2D eigenvalue weighted by molar-refractivity contribution is 7.98. The van der Waals surface area contributed by atoms with Crippen LogP contribution in [0.5, 0.6) is 0 Å². The number of nitrogens with one attached hydrogen (secondary N) is 2. The Balaban J connectivity index is 1.83. The summed E-state index contributed by atoms with van der Waals surface area (Å²) in [5.41, 5.74) is 0.110. The summed E-state index contributed by atoms with van der Waals surface area (Å²) in [6, 6.07) is 4.59. The van der Waals surface area contributed by atoms with Gasteiger partial charge in [-0.25, -0.2) is 18.7 Å². The first-order valence-corrected chi connectivity index (χ1v) is 11.9. The van der Waals surface area contributed by atoms with E-state index in [0.717, 1.165) is 24.2 Å². The third kappa shape index (κ3) is 6.01. The largest absolute Gasteiger partial charge is 0.394 e. The summed E-state index contributed by atoms with van der Waals surface area (Å²) in [6.45, 7) is 1.95. The number of halogens is 2. The molecule has 2 aromatic rings. The van der Waals surface area contributed by atoms with E-state index in [9.17, 15) is 22.3 Å². The van der Waals surface area contributed by atoms with E-state index in [1.165, 1.54) is 22.5 Å². The number of aliphatic hydroxyl groups excluding tert-OH is 2. The fourth-order valence-corrected chi connectivity index (χ4v) is 4.70. The van der Waals surface area contributed by atoms with Crippen molar-refractivity contribution in [3.8, 4) is 0 Å². The van der Waals surface area contributed by atoms with Crippen LogP contribution in [0.2, 0.25) is 0 Å². The van der Waals surface area contributed by atoms with Gasteiger partial charge in [-0.15, -0.1) is 0 Å². The van der Waals surface area contributed by atoms with Crippen LogP contribution in [-0.2, 0) is 16.0 Å². The minimum absolute atomic E-state index is 0.0141. The van der Waals surface area contributed by atoms with Crippen LogP contribution >= 0.6 is 11.8 Å². The van der Waals surface area contributed by atoms with Crippen molar-refractivity contribution in [2.24, 2.45) is 0 Å². The number of aliphatic hydroxyl groups is 2. The topological polar surface area (TPSA) is 128 Å². The first kappa shape index (κ1) is 23.6. The van der Waals surface area contributed by atoms with Crippen LogP contribution in [0.1, 0.15) is 18.9 Å². The second kappa shape index (κ2) is 10.0. The third-order valence-corrected chi connectivity index (χ3v) is 7.03. The van der Waals surface area contributed by atoms with Crippen molar-refractivity contribution in [2.45, 2.75) is 36.4 Å². The Morgan fingerprint density at radius 2 is 1.97 bits per heavy atom. The molecule has 1 fully saturated rings. The predicted octanol–water partition coefficient (Wildman–Crippen LogP) is 1.56. The van der Waals surface area contributed by atoms with E-state index in [4.69, 9.17) is 5.11 Å². The fraction of sp³-hybridized carbons (Fsp3) is 0.444. The van der Waals surface area contributed by atoms with E-state index < -0.39 is 40.6 Å². The maximum atomic E-state index is 13.9. The summed E-state index contributed by atoms with van der Waals surface area (Å²) in [5, 5.41) is 21.9. The lowest BCUT2D eigenvalue weighted by Gasteiger charge is -2.29. The molecule has 0 bridgehead atoms. The quantitative estimate of drug-likeness (QED) is 0.301. The molecule has 1 saturated heterocycles. The molecule has 2 heterocycles. The number of rotatable bonds is 10. The summed E-state index contributed by atoms with van der Waals surface area (Å²) in [4.78, 5) is 8.42. The first-order chi connectivity index (χ1) is 14.7. The standard InChI is InChI=1S/C18H23F2N5O4S2/c1-11(14(27)9-26)21-15-8-16(24-31(28,29)25-6-3-7-25)23-18(22-15)30-10-12-4-2-5-13(19)17(12)20/h2,4-5,8,11,14,26-27H,3,6-7,9-10H2,1H3,(H2,21,22,23,24). The number of aromatic nitrogens is 2. The molecule has 4 N–H and O–H groups in total. The highest BCUT2D eigenvalue weighted by Gasteiger charge is 2.28. The van der Waals surface area contributed by atoms with Crippen molar-refractivity contribution in [3.63, 3.8) is 0 Å². The SMILES string of the molecule is CC(Nc1cc(NS(=O)(=O)N2CCC2)nc(SCc2cccc(F)c2F)n1)C(O)CO. The molecule has 1 aliphatic rings. The average Bonchev–Trinajstić information content (AvgIpc) is 2.66. The number of nitrogens with zero attached hydrogens (tertiary/aromatic N) is 3. The van der Waals surface area contributed by atoms with Gasteiger partial charge in [0.15, 0.2) is 16.8 Å². The number of anilines is 2. The zero-order chi connectivity index (χ0) is 22.6. The van der Waals surface area contributed by atoms with Crippen LogP contribution in [-0.4, -0.2) is 64.7 Å². The number of hydrogen-bond donors (Lipinski definition) is 4. The van der Waals surface area contributed by atoms with Gasteiger partial charge in [-0.1, -0.05) is 23.9 Å². The average molecular weight is 476 g/mol. The van der Waals surface area contributed by atoms with Gasteiger partial charge in [0.1, 0.15) is 11.6 Å². The maximum Gasteiger partial charge on any atom is 0.302 e. The lowest BCUT2D eigenvalue weighted by Crippen LogP contribution is -2.45. The summed E-state index contributed by atoms with van der Waals surface area (Å²) < 4.78 is 55.8. The van der Waals surface area contributed by atoms with E-state index in [2.05, 4.69) is 20.0 Å². The normalized spacial score (nSPS) is 16.4. The number of hydrogen-bond acceptors (Lipinski definition) is 8. The van der Waals surface area contributed by atoms with Crippen LogP contribution in [0.25, 0.3) is 0 Å². The molecule has 0 radical (unpaired) electrons. The van der Waals surface area contributed by atoms with Crippen LogP contribution in [0.3, 0.4) is 0 Å². The second-order valence-electron chi connectivity index (χ2n) is 6.97. The molecule has 0 spiro atoms. The van der Waals surface area contributed by atoms with Crippen molar-refractivity contribution < 1.29 is 27.4 Å². The van der Waals surface area contributed by atoms with Gasteiger partial charge in [0.2, 0.25) is 0 Å². The lowest BCUT2D eigenvalue weighted by atomic mass is 10.2. The highest BCUT2D eigenvalue weighted by atomic mass is 32.2. The van der Waals surface area contributed by atoms with Crippen LogP contribution in [0.4, 0.5) is 20.4 Å². The summed E-state index contributed by atoms with van der Waals surface area (Å²) in [6.07, 6.45) is -0.303. The van der Waals surface area contributed by atoms with Gasteiger partial charge in [0, 0.05) is 30.5 Å². The molecule has 9 nitrogen and oxygen atoms in total. The van der Waals surface area contributed by atoms with Crippen LogP contribution in [0.15, 0.2) is 29.4 Å². The Hall–Kier alpha value is -2.06. The maximum absolute atomic E-state index is 13.9. The van der Waals surface area contributed by atoms with E-state index in [-0.39, 0.29) is 28.1 Å². The van der Waals surface area contributed by atoms with E-state index >= 15 is 0 Å². The van der Waals surface area contributed by atoms with Gasteiger partial charge in [-0.2, -0.15) is 12.7 Å². The summed E-state index contributed by atoms with van der Waals surface area (Å²) in [5.74, 6) is -1.75. The molecule has 2 atom stereocenters. The molecule has 0 amide bonds. The molecule has 0 aliphatic carbocycles.